The zero-order valence-electron chi connectivity index (χ0n) is 16.0. The first kappa shape index (κ1) is 22.6. The Bertz CT molecular complexity index is 1140. The van der Waals surface area contributed by atoms with E-state index in [1.54, 1.807) is 0 Å². The highest BCUT2D eigenvalue weighted by molar-refractivity contribution is 6.30. The van der Waals surface area contributed by atoms with Gasteiger partial charge in [-0.15, -0.1) is 0 Å². The van der Waals surface area contributed by atoms with Gasteiger partial charge in [0.25, 0.3) is 0 Å². The second-order valence-electron chi connectivity index (χ2n) is 7.01. The molecule has 1 aromatic carbocycles. The van der Waals surface area contributed by atoms with Crippen molar-refractivity contribution in [2.45, 2.75) is 37.3 Å². The number of fused-ring (bicyclic) bond motifs is 1. The fraction of sp³-hybridized carbons (Fsp3) is 0.389. The molecule has 1 aliphatic rings. The molecule has 4 atom stereocenters. The summed E-state index contributed by atoms with van der Waals surface area (Å²) in [4.78, 5) is 12.1. The number of imidazole rings is 1. The van der Waals surface area contributed by atoms with E-state index >= 15 is 0 Å². The molecule has 32 heavy (non-hydrogen) atoms. The second kappa shape index (κ2) is 8.41. The molecule has 4 N–H and O–H groups in total. The van der Waals surface area contributed by atoms with E-state index in [1.807, 2.05) is 0 Å². The number of aliphatic hydroxyl groups excluding tert-OH is 3. The third kappa shape index (κ3) is 3.86. The van der Waals surface area contributed by atoms with Crippen molar-refractivity contribution < 1.29 is 37.6 Å². The number of ether oxygens (including phenoxy) is 1. The molecule has 0 amide bonds. The lowest BCUT2D eigenvalue weighted by Gasteiger charge is -2.17. The number of anilines is 1. The first-order valence-electron chi connectivity index (χ1n) is 9.21. The first-order chi connectivity index (χ1) is 15.1. The topological polar surface area (TPSA) is 126 Å². The molecule has 0 unspecified atom stereocenters. The van der Waals surface area contributed by atoms with Crippen LogP contribution in [0, 0.1) is 5.82 Å². The molecule has 0 radical (unpaired) electrons. The SMILES string of the molecule is OC[C@H]1O[C@@H](n2cnc3c(NCc4c(C(F)(F)F)ccc(Cl)c4F)ncnc32)[C@H](O)[C@@H]1O. The number of aliphatic hydroxyl groups is 3. The van der Waals surface area contributed by atoms with Gasteiger partial charge < -0.3 is 25.4 Å². The fourth-order valence-electron chi connectivity index (χ4n) is 3.48. The maximum absolute atomic E-state index is 14.4. The van der Waals surface area contributed by atoms with Crippen molar-refractivity contribution >= 4 is 28.6 Å². The van der Waals surface area contributed by atoms with Crippen molar-refractivity contribution in [3.63, 3.8) is 0 Å². The summed E-state index contributed by atoms with van der Waals surface area (Å²) in [6, 6.07) is 1.52. The van der Waals surface area contributed by atoms with E-state index in [0.29, 0.717) is 6.07 Å². The van der Waals surface area contributed by atoms with Gasteiger partial charge >= 0.3 is 6.18 Å². The average molecular weight is 478 g/mol. The molecule has 0 saturated carbocycles. The van der Waals surface area contributed by atoms with Crippen LogP contribution in [0.25, 0.3) is 11.2 Å². The van der Waals surface area contributed by atoms with Gasteiger partial charge in [-0.2, -0.15) is 13.2 Å². The van der Waals surface area contributed by atoms with E-state index in [0.717, 1.165) is 12.4 Å². The predicted octanol–water partition coefficient (Wildman–Crippen LogP) is 1.86. The molecule has 4 rings (SSSR count). The molecule has 3 heterocycles. The Hall–Kier alpha value is -2.58. The van der Waals surface area contributed by atoms with Gasteiger partial charge in [-0.05, 0) is 12.1 Å². The Labute approximate surface area is 182 Å². The van der Waals surface area contributed by atoms with Crippen LogP contribution in [0.15, 0.2) is 24.8 Å². The van der Waals surface area contributed by atoms with Crippen LogP contribution in [-0.4, -0.2) is 59.8 Å². The Balaban J connectivity index is 1.65. The van der Waals surface area contributed by atoms with Gasteiger partial charge in [0, 0.05) is 12.1 Å². The highest BCUT2D eigenvalue weighted by Crippen LogP contribution is 2.36. The Kier molecular flexibility index (Phi) is 5.94. The van der Waals surface area contributed by atoms with Crippen molar-refractivity contribution in [3.8, 4) is 0 Å². The summed E-state index contributed by atoms with van der Waals surface area (Å²) >= 11 is 5.65. The van der Waals surface area contributed by atoms with Gasteiger partial charge in [0.1, 0.15) is 30.5 Å². The number of nitrogens with zero attached hydrogens (tertiary/aromatic N) is 4. The summed E-state index contributed by atoms with van der Waals surface area (Å²) < 4.78 is 60.9. The molecular formula is C18H16ClF4N5O4. The summed E-state index contributed by atoms with van der Waals surface area (Å²) in [6.07, 6.45) is -7.39. The number of hydrogen-bond acceptors (Lipinski definition) is 8. The lowest BCUT2D eigenvalue weighted by molar-refractivity contribution is -0.138. The van der Waals surface area contributed by atoms with Gasteiger partial charge in [-0.3, -0.25) is 4.57 Å². The smallest absolute Gasteiger partial charge is 0.394 e. The molecule has 1 saturated heterocycles. The molecule has 2 aromatic heterocycles. The Morgan fingerprint density at radius 3 is 2.56 bits per heavy atom. The van der Waals surface area contributed by atoms with Crippen LogP contribution >= 0.6 is 11.6 Å². The normalized spacial score (nSPS) is 23.8. The minimum Gasteiger partial charge on any atom is -0.394 e. The highest BCUT2D eigenvalue weighted by Gasteiger charge is 2.44. The first-order valence-corrected chi connectivity index (χ1v) is 9.59. The molecule has 172 valence electrons. The highest BCUT2D eigenvalue weighted by atomic mass is 35.5. The Morgan fingerprint density at radius 1 is 1.16 bits per heavy atom. The molecule has 3 aromatic rings. The van der Waals surface area contributed by atoms with Crippen molar-refractivity contribution in [1.82, 2.24) is 19.5 Å². The lowest BCUT2D eigenvalue weighted by atomic mass is 10.1. The van der Waals surface area contributed by atoms with Crippen LogP contribution in [0.3, 0.4) is 0 Å². The van der Waals surface area contributed by atoms with Crippen LogP contribution in [-0.2, 0) is 17.5 Å². The number of halogens is 5. The molecule has 1 aliphatic heterocycles. The van der Waals surface area contributed by atoms with Crippen LogP contribution < -0.4 is 5.32 Å². The van der Waals surface area contributed by atoms with E-state index in [9.17, 15) is 32.9 Å². The summed E-state index contributed by atoms with van der Waals surface area (Å²) in [5.74, 6) is -1.22. The van der Waals surface area contributed by atoms with E-state index < -0.39 is 65.8 Å². The fourth-order valence-corrected chi connectivity index (χ4v) is 3.66. The quantitative estimate of drug-likeness (QED) is 0.410. The van der Waals surface area contributed by atoms with Crippen LogP contribution in [0.2, 0.25) is 5.02 Å². The van der Waals surface area contributed by atoms with Gasteiger partial charge in [0.15, 0.2) is 23.2 Å². The summed E-state index contributed by atoms with van der Waals surface area (Å²) in [5, 5.41) is 31.6. The summed E-state index contributed by atoms with van der Waals surface area (Å²) in [6.45, 7) is -1.13. The van der Waals surface area contributed by atoms with E-state index in [4.69, 9.17) is 16.3 Å². The number of alkyl halides is 3. The van der Waals surface area contributed by atoms with Crippen molar-refractivity contribution in [1.29, 1.82) is 0 Å². The summed E-state index contributed by atoms with van der Waals surface area (Å²) in [7, 11) is 0. The van der Waals surface area contributed by atoms with Gasteiger partial charge in [-0.25, -0.2) is 19.3 Å². The van der Waals surface area contributed by atoms with Crippen molar-refractivity contribution in [3.05, 3.63) is 46.8 Å². The molecular weight excluding hydrogens is 462 g/mol. The Morgan fingerprint density at radius 2 is 1.91 bits per heavy atom. The van der Waals surface area contributed by atoms with Gasteiger partial charge in [0.2, 0.25) is 0 Å². The largest absolute Gasteiger partial charge is 0.416 e. The maximum atomic E-state index is 14.4. The molecule has 1 fully saturated rings. The maximum Gasteiger partial charge on any atom is 0.416 e. The van der Waals surface area contributed by atoms with Gasteiger partial charge in [-0.1, -0.05) is 11.6 Å². The molecule has 14 heteroatoms. The molecule has 9 nitrogen and oxygen atoms in total. The van der Waals surface area contributed by atoms with Crippen molar-refractivity contribution in [2.24, 2.45) is 0 Å². The zero-order chi connectivity index (χ0) is 23.2. The lowest BCUT2D eigenvalue weighted by Crippen LogP contribution is -2.33. The van der Waals surface area contributed by atoms with E-state index in [2.05, 4.69) is 20.3 Å². The summed E-state index contributed by atoms with van der Waals surface area (Å²) in [5.41, 5.74) is -1.66. The van der Waals surface area contributed by atoms with E-state index in [-0.39, 0.29) is 17.0 Å². The predicted molar refractivity (Wildman–Crippen MR) is 102 cm³/mol. The zero-order valence-corrected chi connectivity index (χ0v) is 16.7. The van der Waals surface area contributed by atoms with Crippen LogP contribution in [0.5, 0.6) is 0 Å². The number of rotatable bonds is 5. The minimum absolute atomic E-state index is 0.00649. The molecule has 0 spiro atoms. The van der Waals surface area contributed by atoms with Crippen LogP contribution in [0.4, 0.5) is 23.4 Å². The number of aromatic nitrogens is 4. The third-order valence-corrected chi connectivity index (χ3v) is 5.38. The standard InChI is InChI=1S/C18H16ClF4N5O4/c19-9-2-1-8(18(21,22)23)7(11(9)20)3-24-15-12-16(26-5-25-15)28(6-27-12)17-14(31)13(30)10(4-29)32-17/h1-2,5-6,10,13-14,17,29-31H,3-4H2,(H,24,25,26)/t10-,13-,14-,17-/m1/s1. The third-order valence-electron chi connectivity index (χ3n) is 5.08. The van der Waals surface area contributed by atoms with Crippen LogP contribution in [0.1, 0.15) is 17.4 Å². The van der Waals surface area contributed by atoms with E-state index in [1.165, 1.54) is 10.9 Å². The monoisotopic (exact) mass is 477 g/mol. The second-order valence-corrected chi connectivity index (χ2v) is 7.42. The molecule has 0 aliphatic carbocycles. The van der Waals surface area contributed by atoms with Gasteiger partial charge in [0.05, 0.1) is 23.5 Å². The number of hydrogen-bond donors (Lipinski definition) is 4. The number of nitrogens with one attached hydrogen (secondary N) is 1. The molecule has 0 bridgehead atoms. The minimum atomic E-state index is -4.80. The average Bonchev–Trinajstić information content (AvgIpc) is 3.29. The number of benzene rings is 1. The van der Waals surface area contributed by atoms with Crippen molar-refractivity contribution in [2.75, 3.05) is 11.9 Å².